The highest BCUT2D eigenvalue weighted by molar-refractivity contribution is 5.83. The van der Waals surface area contributed by atoms with Crippen LogP contribution in [0.25, 0.3) is 10.8 Å². The topological polar surface area (TPSA) is 71.0 Å². The molecule has 2 N–H and O–H groups in total. The van der Waals surface area contributed by atoms with Gasteiger partial charge in [-0.1, -0.05) is 91.9 Å². The fourth-order valence-corrected chi connectivity index (χ4v) is 5.51. The minimum Gasteiger partial charge on any atom is -0.392 e. The third kappa shape index (κ3) is 6.85. The Morgan fingerprint density at radius 3 is 2.24 bits per heavy atom. The largest absolute Gasteiger partial charge is 0.392 e. The van der Waals surface area contributed by atoms with Crippen LogP contribution in [-0.4, -0.2) is 35.6 Å². The van der Waals surface area contributed by atoms with Gasteiger partial charge in [0.05, 0.1) is 18.8 Å². The van der Waals surface area contributed by atoms with E-state index in [0.29, 0.717) is 6.54 Å². The van der Waals surface area contributed by atoms with E-state index in [2.05, 4.69) is 73.6 Å². The molecule has 1 aliphatic heterocycles. The van der Waals surface area contributed by atoms with Crippen molar-refractivity contribution in [2.45, 2.75) is 58.5 Å². The Labute approximate surface area is 242 Å². The summed E-state index contributed by atoms with van der Waals surface area (Å²) in [6.07, 6.45) is -0.781. The van der Waals surface area contributed by atoms with Crippen LogP contribution in [0.2, 0.25) is 0 Å². The second kappa shape index (κ2) is 13.0. The summed E-state index contributed by atoms with van der Waals surface area (Å²) in [7, 11) is 2.16. The lowest BCUT2D eigenvalue weighted by Crippen LogP contribution is -2.44. The highest BCUT2D eigenvalue weighted by Gasteiger charge is 2.39. The fraction of sp³-hybridized carbons (Fsp3) is 0.343. The maximum Gasteiger partial charge on any atom is 0.217 e. The molecule has 0 spiro atoms. The van der Waals surface area contributed by atoms with E-state index < -0.39 is 6.29 Å². The van der Waals surface area contributed by atoms with Gasteiger partial charge in [0.1, 0.15) is 0 Å². The molecule has 0 saturated carbocycles. The molecule has 0 radical (unpaired) electrons. The lowest BCUT2D eigenvalue weighted by molar-refractivity contribution is -0.276. The monoisotopic (exact) mass is 552 g/mol. The van der Waals surface area contributed by atoms with Crippen LogP contribution in [0.3, 0.4) is 0 Å². The minimum absolute atomic E-state index is 0.0119. The molecule has 6 heteroatoms. The smallest absolute Gasteiger partial charge is 0.217 e. The van der Waals surface area contributed by atoms with Crippen molar-refractivity contribution in [2.75, 3.05) is 13.6 Å². The van der Waals surface area contributed by atoms with Gasteiger partial charge in [0.25, 0.3) is 0 Å². The Morgan fingerprint density at radius 2 is 1.56 bits per heavy atom. The normalized spacial score (nSPS) is 21.6. The lowest BCUT2D eigenvalue weighted by atomic mass is 9.89. The zero-order valence-electron chi connectivity index (χ0n) is 24.3. The molecule has 41 heavy (non-hydrogen) atoms. The predicted molar refractivity (Wildman–Crippen MR) is 162 cm³/mol. The number of fused-ring (bicyclic) bond motifs is 1. The third-order valence-electron chi connectivity index (χ3n) is 8.30. The van der Waals surface area contributed by atoms with E-state index in [-0.39, 0.29) is 36.7 Å². The number of amides is 1. The number of aliphatic hydroxyl groups excluding tert-OH is 1. The summed E-state index contributed by atoms with van der Waals surface area (Å²) in [5.74, 6) is 0.0402. The molecule has 5 rings (SSSR count). The van der Waals surface area contributed by atoms with E-state index in [4.69, 9.17) is 9.47 Å². The summed E-state index contributed by atoms with van der Waals surface area (Å²) in [6.45, 7) is 7.18. The number of ether oxygens (including phenoxy) is 2. The van der Waals surface area contributed by atoms with Gasteiger partial charge in [-0.15, -0.1) is 0 Å². The molecule has 4 aromatic rings. The number of nitrogens with zero attached hydrogens (tertiary/aromatic N) is 1. The van der Waals surface area contributed by atoms with Crippen molar-refractivity contribution in [3.05, 3.63) is 119 Å². The molecule has 1 amide bonds. The molecule has 0 bridgehead atoms. The van der Waals surface area contributed by atoms with Crippen LogP contribution in [0.5, 0.6) is 0 Å². The van der Waals surface area contributed by atoms with Crippen molar-refractivity contribution in [1.82, 2.24) is 10.2 Å². The molecular formula is C35H40N2O4. The molecule has 6 nitrogen and oxygen atoms in total. The van der Waals surface area contributed by atoms with E-state index in [1.54, 1.807) is 0 Å². The number of rotatable bonds is 9. The van der Waals surface area contributed by atoms with E-state index in [9.17, 15) is 9.90 Å². The Kier molecular flexibility index (Phi) is 9.15. The first-order valence-corrected chi connectivity index (χ1v) is 14.3. The fourth-order valence-electron chi connectivity index (χ4n) is 5.51. The standard InChI is InChI=1S/C35H40N2O4/c1-23-33(21-37(4)24(2)31-18-17-28-7-5-6-8-32(28)19-31)40-35(30-15-9-26(10-16-30)20-36-25(3)39)41-34(23)29-13-11-27(22-38)12-14-29/h5-19,23-24,33-35,38H,20-22H2,1-4H3,(H,36,39)/t23-,24-,33+,34+,35+/m1/s1. The van der Waals surface area contributed by atoms with Crippen LogP contribution in [-0.2, 0) is 27.4 Å². The quantitative estimate of drug-likeness (QED) is 0.250. The highest BCUT2D eigenvalue weighted by Crippen LogP contribution is 2.42. The molecular weight excluding hydrogens is 512 g/mol. The minimum atomic E-state index is -0.530. The van der Waals surface area contributed by atoms with Crippen molar-refractivity contribution in [3.8, 4) is 0 Å². The number of benzene rings is 4. The predicted octanol–water partition coefficient (Wildman–Crippen LogP) is 6.45. The Balaban J connectivity index is 1.37. The van der Waals surface area contributed by atoms with E-state index in [0.717, 1.165) is 28.8 Å². The lowest BCUT2D eigenvalue weighted by Gasteiger charge is -2.43. The summed E-state index contributed by atoms with van der Waals surface area (Å²) in [5, 5.41) is 14.9. The van der Waals surface area contributed by atoms with E-state index in [1.807, 2.05) is 48.5 Å². The summed E-state index contributed by atoms with van der Waals surface area (Å²) in [4.78, 5) is 13.7. The average molecular weight is 553 g/mol. The number of aliphatic hydroxyl groups is 1. The van der Waals surface area contributed by atoms with Crippen molar-refractivity contribution in [2.24, 2.45) is 5.92 Å². The Hall–Kier alpha value is -3.55. The zero-order valence-corrected chi connectivity index (χ0v) is 24.3. The SMILES string of the molecule is CC(=O)NCc1ccc([C@H]2O[C@@H](CN(C)[C@H](C)c3ccc4ccccc4c3)[C@@H](C)[C@@H](c3ccc(CO)cc3)O2)cc1. The summed E-state index contributed by atoms with van der Waals surface area (Å²) >= 11 is 0. The molecule has 5 atom stereocenters. The van der Waals surface area contributed by atoms with Crippen molar-refractivity contribution >= 4 is 16.7 Å². The first-order valence-electron chi connectivity index (χ1n) is 14.3. The number of carbonyl (C=O) groups is 1. The van der Waals surface area contributed by atoms with Crippen LogP contribution >= 0.6 is 0 Å². The summed E-state index contributed by atoms with van der Waals surface area (Å²) in [6, 6.07) is 31.4. The van der Waals surface area contributed by atoms with Gasteiger partial charge in [-0.3, -0.25) is 9.69 Å². The molecule has 1 saturated heterocycles. The number of likely N-dealkylation sites (N-methyl/N-ethyl adjacent to an activating group) is 1. The zero-order chi connectivity index (χ0) is 28.9. The first-order chi connectivity index (χ1) is 19.8. The average Bonchev–Trinajstić information content (AvgIpc) is 3.00. The van der Waals surface area contributed by atoms with Gasteiger partial charge in [-0.2, -0.15) is 0 Å². The maximum atomic E-state index is 11.3. The van der Waals surface area contributed by atoms with Crippen molar-refractivity contribution < 1.29 is 19.4 Å². The number of hydrogen-bond donors (Lipinski definition) is 2. The second-order valence-corrected chi connectivity index (χ2v) is 11.2. The molecule has 214 valence electrons. The number of nitrogens with one attached hydrogen (secondary N) is 1. The third-order valence-corrected chi connectivity index (χ3v) is 8.30. The van der Waals surface area contributed by atoms with Gasteiger partial charge in [-0.25, -0.2) is 0 Å². The second-order valence-electron chi connectivity index (χ2n) is 11.2. The Morgan fingerprint density at radius 1 is 0.902 bits per heavy atom. The first kappa shape index (κ1) is 29.0. The van der Waals surface area contributed by atoms with Gasteiger partial charge >= 0.3 is 0 Å². The van der Waals surface area contributed by atoms with Gasteiger partial charge in [0.15, 0.2) is 6.29 Å². The number of hydrogen-bond acceptors (Lipinski definition) is 5. The van der Waals surface area contributed by atoms with Crippen molar-refractivity contribution in [3.63, 3.8) is 0 Å². The van der Waals surface area contributed by atoms with Gasteiger partial charge in [0, 0.05) is 37.5 Å². The van der Waals surface area contributed by atoms with Crippen LogP contribution in [0.4, 0.5) is 0 Å². The van der Waals surface area contributed by atoms with Crippen LogP contribution in [0.1, 0.15) is 67.0 Å². The summed E-state index contributed by atoms with van der Waals surface area (Å²) in [5.41, 5.74) is 5.18. The van der Waals surface area contributed by atoms with Crippen LogP contribution in [0, 0.1) is 5.92 Å². The molecule has 0 unspecified atom stereocenters. The van der Waals surface area contributed by atoms with Crippen LogP contribution < -0.4 is 5.32 Å². The molecule has 1 fully saturated rings. The molecule has 0 aliphatic carbocycles. The Bertz CT molecular complexity index is 1450. The maximum absolute atomic E-state index is 11.3. The molecule has 1 heterocycles. The molecule has 4 aromatic carbocycles. The summed E-state index contributed by atoms with van der Waals surface area (Å²) < 4.78 is 13.3. The van der Waals surface area contributed by atoms with Gasteiger partial charge in [0.2, 0.25) is 5.91 Å². The molecule has 1 aliphatic rings. The van der Waals surface area contributed by atoms with Gasteiger partial charge < -0.3 is 19.9 Å². The van der Waals surface area contributed by atoms with Gasteiger partial charge in [-0.05, 0) is 53.1 Å². The van der Waals surface area contributed by atoms with Crippen LogP contribution in [0.15, 0.2) is 91.0 Å². The van der Waals surface area contributed by atoms with E-state index >= 15 is 0 Å². The molecule has 0 aromatic heterocycles. The highest BCUT2D eigenvalue weighted by atomic mass is 16.7. The van der Waals surface area contributed by atoms with Crippen molar-refractivity contribution in [1.29, 1.82) is 0 Å². The number of carbonyl (C=O) groups excluding carboxylic acids is 1. The van der Waals surface area contributed by atoms with E-state index in [1.165, 1.54) is 23.3 Å².